The van der Waals surface area contributed by atoms with Gasteiger partial charge in [0, 0.05) is 6.04 Å². The normalized spacial score (nSPS) is 13.3. The summed E-state index contributed by atoms with van der Waals surface area (Å²) in [7, 11) is -3.94. The number of nitrogens with zero attached hydrogens (tertiary/aromatic N) is 3. The van der Waals surface area contributed by atoms with E-state index in [1.165, 1.54) is 12.7 Å². The van der Waals surface area contributed by atoms with Gasteiger partial charge in [-0.1, -0.05) is 12.1 Å². The van der Waals surface area contributed by atoms with Crippen LogP contribution in [-0.2, 0) is 10.0 Å². The van der Waals surface area contributed by atoms with E-state index in [0.717, 1.165) is 30.0 Å². The molecule has 1 aromatic heterocycles. The third kappa shape index (κ3) is 4.87. The van der Waals surface area contributed by atoms with E-state index in [2.05, 4.69) is 19.5 Å². The van der Waals surface area contributed by atoms with Gasteiger partial charge in [0.25, 0.3) is 0 Å². The average Bonchev–Trinajstić information content (AvgIpc) is 3.15. The molecule has 0 aliphatic carbocycles. The number of halogens is 3. The Morgan fingerprint density at radius 1 is 1.07 bits per heavy atom. The number of aromatic nitrogens is 3. The molecule has 0 bridgehead atoms. The van der Waals surface area contributed by atoms with Crippen molar-refractivity contribution in [1.29, 1.82) is 0 Å². The van der Waals surface area contributed by atoms with Crippen LogP contribution in [0.1, 0.15) is 18.5 Å². The maximum absolute atomic E-state index is 12.5. The summed E-state index contributed by atoms with van der Waals surface area (Å²) in [5.41, 5.74) is 1.46. The molecule has 0 aliphatic heterocycles. The third-order valence-corrected chi connectivity index (χ3v) is 5.33. The first-order valence-corrected chi connectivity index (χ1v) is 9.45. The van der Waals surface area contributed by atoms with Crippen molar-refractivity contribution in [3.05, 3.63) is 66.7 Å². The smallest absolute Gasteiger partial charge is 0.406 e. The minimum Gasteiger partial charge on any atom is -0.406 e. The summed E-state index contributed by atoms with van der Waals surface area (Å²) in [5.74, 6) is -0.497. The van der Waals surface area contributed by atoms with Gasteiger partial charge in [-0.25, -0.2) is 22.8 Å². The van der Waals surface area contributed by atoms with Crippen molar-refractivity contribution in [3.8, 4) is 11.4 Å². The maximum Gasteiger partial charge on any atom is 0.573 e. The molecule has 0 fully saturated rings. The molecule has 11 heteroatoms. The van der Waals surface area contributed by atoms with Crippen molar-refractivity contribution >= 4 is 10.0 Å². The number of ether oxygens (including phenoxy) is 1. The highest BCUT2D eigenvalue weighted by Crippen LogP contribution is 2.25. The number of rotatable bonds is 6. The summed E-state index contributed by atoms with van der Waals surface area (Å²) in [6, 6.07) is 10.4. The summed E-state index contributed by atoms with van der Waals surface area (Å²) in [5, 5.41) is 4.00. The number of alkyl halides is 3. The van der Waals surface area contributed by atoms with Crippen molar-refractivity contribution in [2.24, 2.45) is 0 Å². The molecule has 1 heterocycles. The number of hydrogen-bond acceptors (Lipinski definition) is 5. The van der Waals surface area contributed by atoms with E-state index in [9.17, 15) is 21.6 Å². The molecule has 2 aromatic carbocycles. The maximum atomic E-state index is 12.5. The summed E-state index contributed by atoms with van der Waals surface area (Å²) in [4.78, 5) is 3.68. The lowest BCUT2D eigenvalue weighted by Gasteiger charge is -2.15. The molecule has 1 atom stereocenters. The van der Waals surface area contributed by atoms with E-state index in [0.29, 0.717) is 5.56 Å². The summed E-state index contributed by atoms with van der Waals surface area (Å²) >= 11 is 0. The van der Waals surface area contributed by atoms with E-state index in [4.69, 9.17) is 0 Å². The summed E-state index contributed by atoms with van der Waals surface area (Å²) < 4.78 is 69.3. The van der Waals surface area contributed by atoms with Gasteiger partial charge in [-0.05, 0) is 48.9 Å². The molecule has 0 amide bonds. The number of benzene rings is 2. The zero-order valence-electron chi connectivity index (χ0n) is 14.5. The molecule has 7 nitrogen and oxygen atoms in total. The van der Waals surface area contributed by atoms with Crippen molar-refractivity contribution < 1.29 is 26.3 Å². The number of sulfonamides is 1. The Labute approximate surface area is 158 Å². The van der Waals surface area contributed by atoms with Crippen LogP contribution in [0.3, 0.4) is 0 Å². The molecular weight excluding hydrogens is 397 g/mol. The topological polar surface area (TPSA) is 86.1 Å². The standard InChI is InChI=1S/C17H15F3N4O3S/c1-12(13-2-4-14(5-3-13)24-11-21-10-22-24)23-28(25,26)16-8-6-15(7-9-16)27-17(18,19)20/h2-12,23H,1H3/t12-/m1/s1. The summed E-state index contributed by atoms with van der Waals surface area (Å²) in [6.07, 6.45) is -1.91. The SMILES string of the molecule is C[C@@H](NS(=O)(=O)c1ccc(OC(F)(F)F)cc1)c1ccc(-n2cncn2)cc1. The monoisotopic (exact) mass is 412 g/mol. The van der Waals surface area contributed by atoms with Gasteiger partial charge in [-0.15, -0.1) is 13.2 Å². The zero-order chi connectivity index (χ0) is 20.4. The molecule has 0 aliphatic rings. The van der Waals surface area contributed by atoms with Gasteiger partial charge in [0.1, 0.15) is 18.4 Å². The molecule has 3 aromatic rings. The van der Waals surface area contributed by atoms with Crippen LogP contribution in [0.15, 0.2) is 66.1 Å². The molecule has 148 valence electrons. The van der Waals surface area contributed by atoms with Crippen LogP contribution in [-0.4, -0.2) is 29.5 Å². The van der Waals surface area contributed by atoms with Gasteiger partial charge >= 0.3 is 6.36 Å². The van der Waals surface area contributed by atoms with Gasteiger partial charge in [0.2, 0.25) is 10.0 Å². The fourth-order valence-electron chi connectivity index (χ4n) is 2.45. The Morgan fingerprint density at radius 3 is 2.25 bits per heavy atom. The van der Waals surface area contributed by atoms with E-state index < -0.39 is 28.2 Å². The predicted molar refractivity (Wildman–Crippen MR) is 93.2 cm³/mol. The predicted octanol–water partition coefficient (Wildman–Crippen LogP) is 3.21. The Hall–Kier alpha value is -2.92. The highest BCUT2D eigenvalue weighted by atomic mass is 32.2. The lowest BCUT2D eigenvalue weighted by Crippen LogP contribution is -2.27. The van der Waals surface area contributed by atoms with Gasteiger partial charge in [0.05, 0.1) is 10.6 Å². The molecule has 0 radical (unpaired) electrons. The average molecular weight is 412 g/mol. The van der Waals surface area contributed by atoms with Crippen LogP contribution in [0.2, 0.25) is 0 Å². The lowest BCUT2D eigenvalue weighted by atomic mass is 10.1. The van der Waals surface area contributed by atoms with Crippen molar-refractivity contribution in [2.75, 3.05) is 0 Å². The molecule has 0 saturated heterocycles. The van der Waals surface area contributed by atoms with Crippen LogP contribution >= 0.6 is 0 Å². The molecule has 0 spiro atoms. The highest BCUT2D eigenvalue weighted by molar-refractivity contribution is 7.89. The first-order valence-electron chi connectivity index (χ1n) is 7.97. The van der Waals surface area contributed by atoms with Crippen LogP contribution < -0.4 is 9.46 Å². The van der Waals surface area contributed by atoms with E-state index >= 15 is 0 Å². The first kappa shape index (κ1) is 19.8. The van der Waals surface area contributed by atoms with Crippen LogP contribution in [0.5, 0.6) is 5.75 Å². The van der Waals surface area contributed by atoms with Crippen LogP contribution in [0, 0.1) is 0 Å². The van der Waals surface area contributed by atoms with E-state index in [-0.39, 0.29) is 4.90 Å². The van der Waals surface area contributed by atoms with E-state index in [1.54, 1.807) is 35.9 Å². The van der Waals surface area contributed by atoms with Gasteiger partial charge < -0.3 is 4.74 Å². The van der Waals surface area contributed by atoms with Crippen molar-refractivity contribution in [1.82, 2.24) is 19.5 Å². The van der Waals surface area contributed by atoms with Crippen LogP contribution in [0.25, 0.3) is 5.69 Å². The Morgan fingerprint density at radius 2 is 1.71 bits per heavy atom. The molecule has 28 heavy (non-hydrogen) atoms. The quantitative estimate of drug-likeness (QED) is 0.672. The van der Waals surface area contributed by atoms with E-state index in [1.807, 2.05) is 0 Å². The van der Waals surface area contributed by atoms with Crippen molar-refractivity contribution in [2.45, 2.75) is 24.2 Å². The third-order valence-electron chi connectivity index (χ3n) is 3.78. The van der Waals surface area contributed by atoms with Crippen molar-refractivity contribution in [3.63, 3.8) is 0 Å². The largest absolute Gasteiger partial charge is 0.573 e. The zero-order valence-corrected chi connectivity index (χ0v) is 15.3. The fraction of sp³-hybridized carbons (Fsp3) is 0.176. The lowest BCUT2D eigenvalue weighted by molar-refractivity contribution is -0.274. The second kappa shape index (κ2) is 7.60. The van der Waals surface area contributed by atoms with Crippen LogP contribution in [0.4, 0.5) is 13.2 Å². The Balaban J connectivity index is 1.71. The minimum atomic E-state index is -4.84. The second-order valence-electron chi connectivity index (χ2n) is 5.79. The number of hydrogen-bond donors (Lipinski definition) is 1. The Kier molecular flexibility index (Phi) is 5.38. The molecule has 0 unspecified atom stereocenters. The molecule has 0 saturated carbocycles. The second-order valence-corrected chi connectivity index (χ2v) is 7.51. The number of nitrogens with one attached hydrogen (secondary N) is 1. The molecular formula is C17H15F3N4O3S. The first-order chi connectivity index (χ1) is 13.1. The van der Waals surface area contributed by atoms with Gasteiger partial charge in [-0.3, -0.25) is 0 Å². The molecule has 1 N–H and O–H groups in total. The molecule has 3 rings (SSSR count). The minimum absolute atomic E-state index is 0.173. The summed E-state index contributed by atoms with van der Waals surface area (Å²) in [6.45, 7) is 1.66. The Bertz CT molecular complexity index is 1020. The van der Waals surface area contributed by atoms with Gasteiger partial charge in [-0.2, -0.15) is 5.10 Å². The fourth-order valence-corrected chi connectivity index (χ4v) is 3.68. The highest BCUT2D eigenvalue weighted by Gasteiger charge is 2.31. The van der Waals surface area contributed by atoms with Gasteiger partial charge in [0.15, 0.2) is 0 Å².